The molecule has 0 unspecified atom stereocenters. The number of anilines is 1. The van der Waals surface area contributed by atoms with Gasteiger partial charge in [-0.05, 0) is 49.7 Å². The predicted octanol–water partition coefficient (Wildman–Crippen LogP) is 2.97. The Balaban J connectivity index is 1.88. The average molecular weight is 247 g/mol. The molecule has 1 heterocycles. The molecule has 0 spiro atoms. The molecule has 17 heavy (non-hydrogen) atoms. The standard InChI is InChI=1S/C14H17NOS/c1-8-2-5-12-11(6-8)13-9-3-4-10(7-9)14(13)17(16)15-12/h2,5-6,9-10,13-15H,3-4,7H2,1H3/t9-,10+,13+,14+,17+/m1/s1. The number of fused-ring (bicyclic) bond motifs is 7. The number of nitrogens with one attached hydrogen (secondary N) is 1. The molecule has 2 fully saturated rings. The average Bonchev–Trinajstić information content (AvgIpc) is 2.91. The SMILES string of the molecule is Cc1ccc2c(c1)[C@@H]1[C@@H]3CC[C@@H](C3)[C@@H]1[S@](=O)N2. The summed E-state index contributed by atoms with van der Waals surface area (Å²) >= 11 is 0. The third kappa shape index (κ3) is 1.29. The summed E-state index contributed by atoms with van der Waals surface area (Å²) in [6.07, 6.45) is 3.94. The van der Waals surface area contributed by atoms with Crippen LogP contribution < -0.4 is 4.72 Å². The maximum atomic E-state index is 12.3. The van der Waals surface area contributed by atoms with Gasteiger partial charge in [0.2, 0.25) is 0 Å². The Kier molecular flexibility index (Phi) is 1.99. The molecule has 90 valence electrons. The van der Waals surface area contributed by atoms with Gasteiger partial charge >= 0.3 is 0 Å². The quantitative estimate of drug-likeness (QED) is 0.750. The zero-order chi connectivity index (χ0) is 11.6. The zero-order valence-corrected chi connectivity index (χ0v) is 10.8. The third-order valence-electron chi connectivity index (χ3n) is 4.86. The van der Waals surface area contributed by atoms with Crippen molar-refractivity contribution in [3.05, 3.63) is 29.3 Å². The highest BCUT2D eigenvalue weighted by Gasteiger charge is 2.53. The fourth-order valence-electron chi connectivity index (χ4n) is 4.20. The van der Waals surface area contributed by atoms with E-state index in [0.717, 1.165) is 11.6 Å². The van der Waals surface area contributed by atoms with Crippen molar-refractivity contribution in [1.82, 2.24) is 0 Å². The molecule has 0 saturated heterocycles. The number of rotatable bonds is 0. The van der Waals surface area contributed by atoms with Gasteiger partial charge in [-0.25, -0.2) is 4.21 Å². The van der Waals surface area contributed by atoms with Gasteiger partial charge in [0.25, 0.3) is 0 Å². The number of hydrogen-bond donors (Lipinski definition) is 1. The van der Waals surface area contributed by atoms with E-state index in [2.05, 4.69) is 29.8 Å². The normalized spacial score (nSPS) is 41.8. The molecule has 2 saturated carbocycles. The number of hydrogen-bond acceptors (Lipinski definition) is 1. The highest BCUT2D eigenvalue weighted by Crippen LogP contribution is 2.57. The number of benzene rings is 1. The van der Waals surface area contributed by atoms with Crippen LogP contribution in [0, 0.1) is 18.8 Å². The predicted molar refractivity (Wildman–Crippen MR) is 70.3 cm³/mol. The van der Waals surface area contributed by atoms with Gasteiger partial charge in [0.1, 0.15) is 11.0 Å². The van der Waals surface area contributed by atoms with Crippen LogP contribution in [0.2, 0.25) is 0 Å². The van der Waals surface area contributed by atoms with E-state index in [9.17, 15) is 4.21 Å². The summed E-state index contributed by atoms with van der Waals surface area (Å²) in [4.78, 5) is 0. The molecular formula is C14H17NOS. The molecule has 1 N–H and O–H groups in total. The minimum atomic E-state index is -0.863. The molecule has 2 bridgehead atoms. The third-order valence-corrected chi connectivity index (χ3v) is 6.46. The van der Waals surface area contributed by atoms with Crippen LogP contribution in [0.1, 0.15) is 36.3 Å². The van der Waals surface area contributed by atoms with Gasteiger partial charge in [-0.2, -0.15) is 0 Å². The van der Waals surface area contributed by atoms with E-state index in [1.54, 1.807) is 0 Å². The van der Waals surface area contributed by atoms with Crippen molar-refractivity contribution in [2.45, 2.75) is 37.4 Å². The van der Waals surface area contributed by atoms with E-state index in [-0.39, 0.29) is 0 Å². The Labute approximate surface area is 104 Å². The monoisotopic (exact) mass is 247 g/mol. The largest absolute Gasteiger partial charge is 0.305 e. The maximum absolute atomic E-state index is 12.3. The van der Waals surface area contributed by atoms with Gasteiger partial charge < -0.3 is 4.72 Å². The molecule has 0 radical (unpaired) electrons. The van der Waals surface area contributed by atoms with Crippen LogP contribution in [0.25, 0.3) is 0 Å². The number of aryl methyl sites for hydroxylation is 1. The van der Waals surface area contributed by atoms with Crippen molar-refractivity contribution in [3.63, 3.8) is 0 Å². The Morgan fingerprint density at radius 2 is 2.12 bits per heavy atom. The summed E-state index contributed by atoms with van der Waals surface area (Å²) < 4.78 is 15.5. The molecule has 5 atom stereocenters. The van der Waals surface area contributed by atoms with Crippen LogP contribution >= 0.6 is 0 Å². The van der Waals surface area contributed by atoms with Crippen LogP contribution in [0.3, 0.4) is 0 Å². The summed E-state index contributed by atoms with van der Waals surface area (Å²) in [5.74, 6) is 2.05. The summed E-state index contributed by atoms with van der Waals surface area (Å²) in [5.41, 5.74) is 3.87. The van der Waals surface area contributed by atoms with Gasteiger partial charge in [0, 0.05) is 11.6 Å². The first-order valence-corrected chi connectivity index (χ1v) is 7.73. The second-order valence-electron chi connectivity index (χ2n) is 5.81. The Morgan fingerprint density at radius 3 is 3.00 bits per heavy atom. The molecule has 0 aromatic heterocycles. The Hall–Kier alpha value is -0.830. The summed E-state index contributed by atoms with van der Waals surface area (Å²) in [7, 11) is -0.863. The fraction of sp³-hybridized carbons (Fsp3) is 0.571. The molecule has 3 heteroatoms. The molecule has 1 aromatic rings. The summed E-state index contributed by atoms with van der Waals surface area (Å²) in [6.45, 7) is 2.15. The van der Waals surface area contributed by atoms with Crippen LogP contribution in [0.4, 0.5) is 5.69 Å². The van der Waals surface area contributed by atoms with E-state index in [0.29, 0.717) is 17.1 Å². The van der Waals surface area contributed by atoms with Crippen molar-refractivity contribution in [2.24, 2.45) is 11.8 Å². The van der Waals surface area contributed by atoms with E-state index in [4.69, 9.17) is 0 Å². The minimum Gasteiger partial charge on any atom is -0.305 e. The minimum absolute atomic E-state index is 0.378. The molecule has 0 amide bonds. The lowest BCUT2D eigenvalue weighted by molar-refractivity contribution is 0.422. The Bertz CT molecular complexity index is 513. The second kappa shape index (κ2) is 3.35. The van der Waals surface area contributed by atoms with Crippen molar-refractivity contribution >= 4 is 16.7 Å². The first kappa shape index (κ1) is 10.1. The zero-order valence-electron chi connectivity index (χ0n) is 9.98. The molecule has 3 aliphatic rings. The van der Waals surface area contributed by atoms with E-state index in [1.165, 1.54) is 30.4 Å². The fourth-order valence-corrected chi connectivity index (χ4v) is 5.98. The highest BCUT2D eigenvalue weighted by atomic mass is 32.2. The molecular weight excluding hydrogens is 230 g/mol. The maximum Gasteiger partial charge on any atom is 0.121 e. The summed E-state index contributed by atoms with van der Waals surface area (Å²) in [6, 6.07) is 6.51. The smallest absolute Gasteiger partial charge is 0.121 e. The molecule has 2 nitrogen and oxygen atoms in total. The van der Waals surface area contributed by atoms with Crippen molar-refractivity contribution < 1.29 is 4.21 Å². The van der Waals surface area contributed by atoms with Gasteiger partial charge in [-0.15, -0.1) is 0 Å². The van der Waals surface area contributed by atoms with E-state index in [1.807, 2.05) is 0 Å². The van der Waals surface area contributed by atoms with Crippen LogP contribution in [0.15, 0.2) is 18.2 Å². The lowest BCUT2D eigenvalue weighted by atomic mass is 9.81. The van der Waals surface area contributed by atoms with Crippen molar-refractivity contribution in [2.75, 3.05) is 4.72 Å². The lowest BCUT2D eigenvalue weighted by Gasteiger charge is -2.36. The lowest BCUT2D eigenvalue weighted by Crippen LogP contribution is -2.37. The topological polar surface area (TPSA) is 29.1 Å². The van der Waals surface area contributed by atoms with Gasteiger partial charge in [-0.3, -0.25) is 0 Å². The van der Waals surface area contributed by atoms with Gasteiger partial charge in [-0.1, -0.05) is 17.7 Å². The van der Waals surface area contributed by atoms with Crippen LogP contribution in [-0.2, 0) is 11.0 Å². The highest BCUT2D eigenvalue weighted by molar-refractivity contribution is 7.87. The molecule has 1 aliphatic heterocycles. The Morgan fingerprint density at radius 1 is 1.29 bits per heavy atom. The van der Waals surface area contributed by atoms with E-state index < -0.39 is 11.0 Å². The van der Waals surface area contributed by atoms with E-state index >= 15 is 0 Å². The summed E-state index contributed by atoms with van der Waals surface area (Å²) in [5, 5.41) is 0.378. The molecule has 1 aromatic carbocycles. The first-order valence-electron chi connectivity index (χ1n) is 6.52. The first-order chi connectivity index (χ1) is 8.24. The molecule has 4 rings (SSSR count). The van der Waals surface area contributed by atoms with Crippen molar-refractivity contribution in [3.8, 4) is 0 Å². The second-order valence-corrected chi connectivity index (χ2v) is 7.16. The van der Waals surface area contributed by atoms with Gasteiger partial charge in [0.05, 0.1) is 5.25 Å². The van der Waals surface area contributed by atoms with Gasteiger partial charge in [0.15, 0.2) is 0 Å². The van der Waals surface area contributed by atoms with Crippen LogP contribution in [-0.4, -0.2) is 9.46 Å². The van der Waals surface area contributed by atoms with Crippen molar-refractivity contribution in [1.29, 1.82) is 0 Å². The van der Waals surface area contributed by atoms with Crippen LogP contribution in [0.5, 0.6) is 0 Å². The molecule has 2 aliphatic carbocycles.